The lowest BCUT2D eigenvalue weighted by Crippen LogP contribution is -1.95. The van der Waals surface area contributed by atoms with Crippen molar-refractivity contribution in [3.05, 3.63) is 219 Å². The largest absolute Gasteiger partial charge is 0.309 e. The van der Waals surface area contributed by atoms with Crippen molar-refractivity contribution < 1.29 is 0 Å². The zero-order chi connectivity index (χ0) is 42.1. The molecular weight excluding hydrogens is 781 g/mol. The van der Waals surface area contributed by atoms with Crippen molar-refractivity contribution in [3.63, 3.8) is 0 Å². The average molecular weight is 817 g/mol. The molecule has 0 saturated carbocycles. The maximum atomic E-state index is 4.91. The molecule has 13 rings (SSSR count). The molecule has 6 heteroatoms. The highest BCUT2D eigenvalue weighted by atomic mass is 15.0. The molecule has 0 bridgehead atoms. The van der Waals surface area contributed by atoms with E-state index in [2.05, 4.69) is 177 Å². The lowest BCUT2D eigenvalue weighted by Gasteiger charge is -2.11. The predicted molar refractivity (Wildman–Crippen MR) is 263 cm³/mol. The van der Waals surface area contributed by atoms with Gasteiger partial charge in [-0.25, -0.2) is 9.97 Å². The van der Waals surface area contributed by atoms with Gasteiger partial charge in [0.1, 0.15) is 0 Å². The molecule has 9 aromatic carbocycles. The minimum absolute atomic E-state index is 0.863. The lowest BCUT2D eigenvalue weighted by atomic mass is 10.0. The van der Waals surface area contributed by atoms with Gasteiger partial charge < -0.3 is 9.13 Å². The van der Waals surface area contributed by atoms with Crippen LogP contribution in [0, 0.1) is 0 Å². The third-order valence-corrected chi connectivity index (χ3v) is 12.6. The SMILES string of the molecule is c1cc(-c2ccc(-n3c4ccccc4c4c5c6ccccc6n(-c6ccc(-c7cccc(-c8cnc9ccccc9n8)c7)cc6)c5ccc43)cc2)cc(-c2cnc3ccccc3n2)c1. The summed E-state index contributed by atoms with van der Waals surface area (Å²) in [6.07, 6.45) is 3.73. The van der Waals surface area contributed by atoms with Crippen molar-refractivity contribution in [2.45, 2.75) is 0 Å². The molecule has 0 aliphatic rings. The van der Waals surface area contributed by atoms with E-state index in [0.29, 0.717) is 0 Å². The summed E-state index contributed by atoms with van der Waals surface area (Å²) in [6.45, 7) is 0. The monoisotopic (exact) mass is 816 g/mol. The summed E-state index contributed by atoms with van der Waals surface area (Å²) in [5.41, 5.74) is 18.9. The summed E-state index contributed by atoms with van der Waals surface area (Å²) in [5, 5.41) is 4.96. The number of hydrogen-bond acceptors (Lipinski definition) is 4. The molecule has 6 nitrogen and oxygen atoms in total. The molecule has 13 aromatic rings. The number of fused-ring (bicyclic) bond motifs is 9. The fraction of sp³-hybridized carbons (Fsp3) is 0. The van der Waals surface area contributed by atoms with Crippen molar-refractivity contribution in [2.24, 2.45) is 0 Å². The minimum atomic E-state index is 0.863. The van der Waals surface area contributed by atoms with Crippen LogP contribution in [0.2, 0.25) is 0 Å². The van der Waals surface area contributed by atoms with Crippen LogP contribution in [-0.4, -0.2) is 29.1 Å². The first-order chi connectivity index (χ1) is 31.7. The van der Waals surface area contributed by atoms with Gasteiger partial charge in [-0.2, -0.15) is 0 Å². The van der Waals surface area contributed by atoms with E-state index < -0.39 is 0 Å². The molecular formula is C58H36N6. The number of rotatable bonds is 6. The second kappa shape index (κ2) is 14.4. The van der Waals surface area contributed by atoms with E-state index in [0.717, 1.165) is 78.2 Å². The third kappa shape index (κ3) is 5.81. The predicted octanol–water partition coefficient (Wildman–Crippen LogP) is 14.4. The lowest BCUT2D eigenvalue weighted by molar-refractivity contribution is 1.17. The highest BCUT2D eigenvalue weighted by molar-refractivity contribution is 6.29. The van der Waals surface area contributed by atoms with E-state index in [1.165, 1.54) is 43.6 Å². The number of para-hydroxylation sites is 6. The normalized spacial score (nSPS) is 11.8. The Morgan fingerprint density at radius 3 is 1.12 bits per heavy atom. The van der Waals surface area contributed by atoms with Gasteiger partial charge in [-0.15, -0.1) is 0 Å². The molecule has 4 aromatic heterocycles. The fourth-order valence-corrected chi connectivity index (χ4v) is 9.59. The van der Waals surface area contributed by atoms with Crippen LogP contribution in [0.15, 0.2) is 219 Å². The molecule has 64 heavy (non-hydrogen) atoms. The average Bonchev–Trinajstić information content (AvgIpc) is 3.89. The molecule has 0 saturated heterocycles. The quantitative estimate of drug-likeness (QED) is 0.168. The van der Waals surface area contributed by atoms with Gasteiger partial charge in [0.25, 0.3) is 0 Å². The molecule has 0 fully saturated rings. The number of benzene rings is 9. The van der Waals surface area contributed by atoms with Gasteiger partial charge in [0.05, 0.1) is 67.9 Å². The van der Waals surface area contributed by atoms with E-state index >= 15 is 0 Å². The molecule has 0 N–H and O–H groups in total. The van der Waals surface area contributed by atoms with Crippen LogP contribution in [0.5, 0.6) is 0 Å². The van der Waals surface area contributed by atoms with Gasteiger partial charge in [0.15, 0.2) is 0 Å². The molecule has 0 unspecified atom stereocenters. The second-order valence-electron chi connectivity index (χ2n) is 16.3. The van der Waals surface area contributed by atoms with Crippen molar-refractivity contribution in [2.75, 3.05) is 0 Å². The smallest absolute Gasteiger partial charge is 0.0894 e. The van der Waals surface area contributed by atoms with Crippen LogP contribution in [0.3, 0.4) is 0 Å². The van der Waals surface area contributed by atoms with E-state index in [1.807, 2.05) is 60.9 Å². The highest BCUT2D eigenvalue weighted by Crippen LogP contribution is 2.43. The standard InChI is InChI=1S/C58H36N6/c1-7-21-53-45(15-1)57-55(63(53)43-27-23-37(24-28-43)39-11-9-13-41(33-39)51-35-59-47-17-3-5-19-49(47)61-51)31-32-56-58(57)46-16-2-8-22-54(46)64(56)44-29-25-38(26-30-44)40-12-10-14-42(34-40)52-36-60-48-18-4-6-20-50(48)62-52/h1-36H. The van der Waals surface area contributed by atoms with Gasteiger partial charge in [-0.1, -0.05) is 121 Å². The van der Waals surface area contributed by atoms with E-state index in [-0.39, 0.29) is 0 Å². The zero-order valence-electron chi connectivity index (χ0n) is 34.5. The molecule has 0 atom stereocenters. The first kappa shape index (κ1) is 36.0. The molecule has 0 radical (unpaired) electrons. The van der Waals surface area contributed by atoms with Gasteiger partial charge in [-0.05, 0) is 107 Å². The van der Waals surface area contributed by atoms with Crippen molar-refractivity contribution >= 4 is 65.7 Å². The maximum absolute atomic E-state index is 4.91. The van der Waals surface area contributed by atoms with Crippen LogP contribution in [0.1, 0.15) is 0 Å². The third-order valence-electron chi connectivity index (χ3n) is 12.6. The summed E-state index contributed by atoms with van der Waals surface area (Å²) >= 11 is 0. The van der Waals surface area contributed by atoms with E-state index in [1.54, 1.807) is 0 Å². The second-order valence-corrected chi connectivity index (χ2v) is 16.3. The summed E-state index contributed by atoms with van der Waals surface area (Å²) in [5.74, 6) is 0. The van der Waals surface area contributed by atoms with Gasteiger partial charge >= 0.3 is 0 Å². The minimum Gasteiger partial charge on any atom is -0.309 e. The summed E-state index contributed by atoms with van der Waals surface area (Å²) < 4.78 is 4.82. The molecule has 298 valence electrons. The van der Waals surface area contributed by atoms with Crippen LogP contribution >= 0.6 is 0 Å². The fourth-order valence-electron chi connectivity index (χ4n) is 9.59. The van der Waals surface area contributed by atoms with Crippen molar-refractivity contribution in [1.82, 2.24) is 29.1 Å². The van der Waals surface area contributed by atoms with Crippen LogP contribution < -0.4 is 0 Å². The van der Waals surface area contributed by atoms with Crippen LogP contribution in [0.4, 0.5) is 0 Å². The molecule has 0 aliphatic carbocycles. The van der Waals surface area contributed by atoms with Crippen LogP contribution in [0.25, 0.3) is 122 Å². The summed E-state index contributed by atoms with van der Waals surface area (Å²) in [4.78, 5) is 19.1. The Bertz CT molecular complexity index is 3700. The summed E-state index contributed by atoms with van der Waals surface area (Å²) in [6, 6.07) is 73.2. The van der Waals surface area contributed by atoms with Gasteiger partial charge in [0, 0.05) is 44.0 Å². The Morgan fingerprint density at radius 1 is 0.281 bits per heavy atom. The van der Waals surface area contributed by atoms with E-state index in [4.69, 9.17) is 9.97 Å². The molecule has 0 aliphatic heterocycles. The van der Waals surface area contributed by atoms with Crippen molar-refractivity contribution in [3.8, 4) is 56.1 Å². The molecule has 0 amide bonds. The Kier molecular flexibility index (Phi) is 8.11. The topological polar surface area (TPSA) is 61.4 Å². The number of aromatic nitrogens is 6. The number of nitrogens with zero attached hydrogens (tertiary/aromatic N) is 6. The molecule has 0 spiro atoms. The maximum Gasteiger partial charge on any atom is 0.0894 e. The van der Waals surface area contributed by atoms with Crippen LogP contribution in [-0.2, 0) is 0 Å². The highest BCUT2D eigenvalue weighted by Gasteiger charge is 2.21. The Labute approximate surface area is 368 Å². The number of hydrogen-bond donors (Lipinski definition) is 0. The molecule has 4 heterocycles. The Balaban J connectivity index is 0.886. The Hall–Kier alpha value is -8.74. The van der Waals surface area contributed by atoms with Crippen molar-refractivity contribution in [1.29, 1.82) is 0 Å². The van der Waals surface area contributed by atoms with Gasteiger partial charge in [0.2, 0.25) is 0 Å². The first-order valence-electron chi connectivity index (χ1n) is 21.5. The summed E-state index contributed by atoms with van der Waals surface area (Å²) in [7, 11) is 0. The van der Waals surface area contributed by atoms with Gasteiger partial charge in [-0.3, -0.25) is 9.97 Å². The zero-order valence-corrected chi connectivity index (χ0v) is 34.5. The first-order valence-corrected chi connectivity index (χ1v) is 21.5. The van der Waals surface area contributed by atoms with E-state index in [9.17, 15) is 0 Å². The Morgan fingerprint density at radius 2 is 0.672 bits per heavy atom.